The first-order chi connectivity index (χ1) is 12.8. The number of amides is 2. The molecule has 138 valence electrons. The minimum atomic E-state index is -0.191. The highest BCUT2D eigenvalue weighted by Crippen LogP contribution is 2.24. The number of aryl methyl sites for hydroxylation is 1. The van der Waals surface area contributed by atoms with Crippen LogP contribution in [0.25, 0.3) is 5.69 Å². The lowest BCUT2D eigenvalue weighted by Crippen LogP contribution is -2.13. The van der Waals surface area contributed by atoms with Crippen LogP contribution in [0.1, 0.15) is 28.7 Å². The third-order valence-electron chi connectivity index (χ3n) is 4.21. The molecule has 0 unspecified atom stereocenters. The van der Waals surface area contributed by atoms with E-state index in [2.05, 4.69) is 10.6 Å². The fourth-order valence-corrected chi connectivity index (χ4v) is 3.23. The Morgan fingerprint density at radius 2 is 1.56 bits per heavy atom. The molecule has 3 aromatic rings. The number of halogens is 1. The van der Waals surface area contributed by atoms with Crippen LogP contribution in [-0.4, -0.2) is 16.4 Å². The maximum atomic E-state index is 12.7. The van der Waals surface area contributed by atoms with E-state index in [0.717, 1.165) is 17.1 Å². The van der Waals surface area contributed by atoms with E-state index < -0.39 is 0 Å². The van der Waals surface area contributed by atoms with Crippen LogP contribution >= 0.6 is 11.6 Å². The monoisotopic (exact) mass is 381 g/mol. The second-order valence-corrected chi connectivity index (χ2v) is 6.75. The Morgan fingerprint density at radius 1 is 0.926 bits per heavy atom. The molecule has 3 rings (SSSR count). The largest absolute Gasteiger partial charge is 0.326 e. The van der Waals surface area contributed by atoms with Gasteiger partial charge in [0.2, 0.25) is 5.91 Å². The van der Waals surface area contributed by atoms with Gasteiger partial charge in [0.05, 0.1) is 5.56 Å². The Kier molecular flexibility index (Phi) is 5.33. The molecular weight excluding hydrogens is 362 g/mol. The lowest BCUT2D eigenvalue weighted by molar-refractivity contribution is -0.114. The zero-order chi connectivity index (χ0) is 19.6. The minimum Gasteiger partial charge on any atom is -0.326 e. The second-order valence-electron chi connectivity index (χ2n) is 6.31. The molecule has 0 aliphatic carbocycles. The first-order valence-corrected chi connectivity index (χ1v) is 8.87. The third kappa shape index (κ3) is 4.20. The van der Waals surface area contributed by atoms with Crippen LogP contribution in [0.15, 0.2) is 54.6 Å². The number of carbonyl (C=O) groups excluding carboxylic acids is 2. The summed E-state index contributed by atoms with van der Waals surface area (Å²) in [6.07, 6.45) is 0. The third-order valence-corrected chi connectivity index (χ3v) is 4.44. The molecule has 0 atom stereocenters. The van der Waals surface area contributed by atoms with E-state index in [4.69, 9.17) is 11.6 Å². The molecule has 1 aromatic heterocycles. The predicted octanol–water partition coefficient (Wildman–Crippen LogP) is 4.96. The molecule has 0 bridgehead atoms. The fourth-order valence-electron chi connectivity index (χ4n) is 3.04. The van der Waals surface area contributed by atoms with Crippen molar-refractivity contribution in [1.82, 2.24) is 4.57 Å². The zero-order valence-corrected chi connectivity index (χ0v) is 16.1. The molecule has 0 aliphatic heterocycles. The van der Waals surface area contributed by atoms with Gasteiger partial charge in [-0.25, -0.2) is 0 Å². The van der Waals surface area contributed by atoms with Crippen molar-refractivity contribution in [2.24, 2.45) is 0 Å². The Hall–Kier alpha value is -3.05. The van der Waals surface area contributed by atoms with Gasteiger partial charge in [-0.05, 0) is 62.4 Å². The first kappa shape index (κ1) is 18.7. The van der Waals surface area contributed by atoms with Crippen LogP contribution in [0.3, 0.4) is 0 Å². The van der Waals surface area contributed by atoms with E-state index in [1.165, 1.54) is 6.92 Å². The van der Waals surface area contributed by atoms with Gasteiger partial charge in [0.1, 0.15) is 0 Å². The molecule has 0 radical (unpaired) electrons. The molecular formula is C21H20ClN3O2. The first-order valence-electron chi connectivity index (χ1n) is 8.49. The minimum absolute atomic E-state index is 0.139. The standard InChI is InChI=1S/C21H20ClN3O2/c1-13-11-20(14(2)25(13)19-6-4-5-16(22)12-19)21(27)24-18-9-7-17(8-10-18)23-15(3)26/h4-12H,1-3H3,(H,23,26)(H,24,27). The number of nitrogens with one attached hydrogen (secondary N) is 2. The van der Waals surface area contributed by atoms with E-state index in [0.29, 0.717) is 22.0 Å². The van der Waals surface area contributed by atoms with Crippen LogP contribution in [0, 0.1) is 13.8 Å². The number of hydrogen-bond acceptors (Lipinski definition) is 2. The van der Waals surface area contributed by atoms with Crippen molar-refractivity contribution >= 4 is 34.8 Å². The van der Waals surface area contributed by atoms with Crippen LogP contribution in [0.5, 0.6) is 0 Å². The van der Waals surface area contributed by atoms with Crippen LogP contribution in [0.4, 0.5) is 11.4 Å². The van der Waals surface area contributed by atoms with Crippen molar-refractivity contribution in [3.05, 3.63) is 76.6 Å². The van der Waals surface area contributed by atoms with Crippen LogP contribution in [-0.2, 0) is 4.79 Å². The summed E-state index contributed by atoms with van der Waals surface area (Å²) in [6.45, 7) is 5.31. The van der Waals surface area contributed by atoms with Gasteiger partial charge >= 0.3 is 0 Å². The van der Waals surface area contributed by atoms with Crippen LogP contribution in [0.2, 0.25) is 5.02 Å². The smallest absolute Gasteiger partial charge is 0.257 e. The summed E-state index contributed by atoms with van der Waals surface area (Å²) in [4.78, 5) is 23.8. The highest BCUT2D eigenvalue weighted by atomic mass is 35.5. The van der Waals surface area contributed by atoms with Crippen molar-refractivity contribution in [2.75, 3.05) is 10.6 Å². The summed E-state index contributed by atoms with van der Waals surface area (Å²) < 4.78 is 2.00. The van der Waals surface area contributed by atoms with E-state index in [9.17, 15) is 9.59 Å². The molecule has 6 heteroatoms. The lowest BCUT2D eigenvalue weighted by atomic mass is 10.2. The molecule has 2 aromatic carbocycles. The second kappa shape index (κ2) is 7.68. The van der Waals surface area contributed by atoms with E-state index >= 15 is 0 Å². The van der Waals surface area contributed by atoms with E-state index in [1.54, 1.807) is 24.3 Å². The molecule has 1 heterocycles. The Bertz CT molecular complexity index is 1010. The number of nitrogens with zero attached hydrogens (tertiary/aromatic N) is 1. The fraction of sp³-hybridized carbons (Fsp3) is 0.143. The molecule has 0 spiro atoms. The summed E-state index contributed by atoms with van der Waals surface area (Å²) in [5, 5.41) is 6.23. The molecule has 2 N–H and O–H groups in total. The Labute approximate surface area is 163 Å². The summed E-state index contributed by atoms with van der Waals surface area (Å²) in [5.41, 5.74) is 4.62. The van der Waals surface area contributed by atoms with E-state index in [1.807, 2.05) is 48.7 Å². The Balaban J connectivity index is 1.83. The highest BCUT2D eigenvalue weighted by Gasteiger charge is 2.17. The van der Waals surface area contributed by atoms with Gasteiger partial charge in [-0.2, -0.15) is 0 Å². The zero-order valence-electron chi connectivity index (χ0n) is 15.3. The lowest BCUT2D eigenvalue weighted by Gasteiger charge is -2.11. The van der Waals surface area contributed by atoms with Gasteiger partial charge in [-0.1, -0.05) is 17.7 Å². The maximum Gasteiger partial charge on any atom is 0.257 e. The molecule has 0 saturated carbocycles. The summed E-state index contributed by atoms with van der Waals surface area (Å²) in [5.74, 6) is -0.330. The van der Waals surface area contributed by atoms with Gasteiger partial charge in [0.15, 0.2) is 0 Å². The number of anilines is 2. The molecule has 27 heavy (non-hydrogen) atoms. The summed E-state index contributed by atoms with van der Waals surface area (Å²) in [6, 6.07) is 16.4. The van der Waals surface area contributed by atoms with Gasteiger partial charge in [-0.3, -0.25) is 9.59 Å². The molecule has 0 fully saturated rings. The molecule has 5 nitrogen and oxygen atoms in total. The number of aromatic nitrogens is 1. The van der Waals surface area contributed by atoms with Crippen molar-refractivity contribution in [2.45, 2.75) is 20.8 Å². The van der Waals surface area contributed by atoms with Gasteiger partial charge in [-0.15, -0.1) is 0 Å². The number of hydrogen-bond donors (Lipinski definition) is 2. The van der Waals surface area contributed by atoms with Gasteiger partial charge < -0.3 is 15.2 Å². The quantitative estimate of drug-likeness (QED) is 0.671. The normalized spacial score (nSPS) is 10.5. The van der Waals surface area contributed by atoms with E-state index in [-0.39, 0.29) is 11.8 Å². The number of benzene rings is 2. The Morgan fingerprint density at radius 3 is 2.15 bits per heavy atom. The summed E-state index contributed by atoms with van der Waals surface area (Å²) >= 11 is 6.10. The predicted molar refractivity (Wildman–Crippen MR) is 109 cm³/mol. The molecule has 2 amide bonds. The van der Waals surface area contributed by atoms with Gasteiger partial charge in [0, 0.05) is 40.4 Å². The topological polar surface area (TPSA) is 63.1 Å². The van der Waals surface area contributed by atoms with Crippen molar-refractivity contribution in [3.8, 4) is 5.69 Å². The van der Waals surface area contributed by atoms with Crippen LogP contribution < -0.4 is 10.6 Å². The molecule has 0 aliphatic rings. The van der Waals surface area contributed by atoms with Crippen molar-refractivity contribution in [3.63, 3.8) is 0 Å². The number of rotatable bonds is 4. The average Bonchev–Trinajstić information content (AvgIpc) is 2.91. The highest BCUT2D eigenvalue weighted by molar-refractivity contribution is 6.30. The molecule has 0 saturated heterocycles. The van der Waals surface area contributed by atoms with Gasteiger partial charge in [0.25, 0.3) is 5.91 Å². The maximum absolute atomic E-state index is 12.7. The number of carbonyl (C=O) groups is 2. The average molecular weight is 382 g/mol. The van der Waals surface area contributed by atoms with Crippen molar-refractivity contribution < 1.29 is 9.59 Å². The summed E-state index contributed by atoms with van der Waals surface area (Å²) in [7, 11) is 0. The SMILES string of the molecule is CC(=O)Nc1ccc(NC(=O)c2cc(C)n(-c3cccc(Cl)c3)c2C)cc1. The van der Waals surface area contributed by atoms with Crippen molar-refractivity contribution in [1.29, 1.82) is 0 Å².